The number of carbonyl (C=O) groups is 1. The third kappa shape index (κ3) is 4.19. The molecule has 0 fully saturated rings. The fourth-order valence-electron chi connectivity index (χ4n) is 2.98. The van der Waals surface area contributed by atoms with E-state index in [2.05, 4.69) is 20.4 Å². The van der Waals surface area contributed by atoms with Gasteiger partial charge in [0.1, 0.15) is 11.5 Å². The first kappa shape index (κ1) is 19.9. The Kier molecular flexibility index (Phi) is 6.03. The summed E-state index contributed by atoms with van der Waals surface area (Å²) in [5.74, 6) is 1.71. The van der Waals surface area contributed by atoms with Gasteiger partial charge in [0, 0.05) is 41.7 Å². The molecule has 0 atom stereocenters. The predicted molar refractivity (Wildman–Crippen MR) is 109 cm³/mol. The van der Waals surface area contributed by atoms with E-state index in [9.17, 15) is 4.79 Å². The molecule has 3 rings (SSSR count). The molecule has 0 saturated heterocycles. The van der Waals surface area contributed by atoms with E-state index < -0.39 is 0 Å². The molecule has 3 aromatic rings. The zero-order valence-electron chi connectivity index (χ0n) is 16.6. The standard InChI is InChI=1S/C19H23N5O3S/c1-11-16(12(2)24-18(20-11)22-19(23-24)28-5)6-7-17(25)21-13-8-14(26-3)10-15(9-13)27-4/h8-10H,6-7H2,1-5H3,(H,21,25). The van der Waals surface area contributed by atoms with Gasteiger partial charge in [0.25, 0.3) is 5.78 Å². The molecule has 0 aliphatic rings. The molecule has 1 amide bonds. The number of nitrogens with one attached hydrogen (secondary N) is 1. The number of hydrogen-bond acceptors (Lipinski definition) is 7. The first-order chi connectivity index (χ1) is 13.4. The zero-order valence-corrected chi connectivity index (χ0v) is 17.4. The highest BCUT2D eigenvalue weighted by Gasteiger charge is 2.15. The number of methoxy groups -OCH3 is 2. The number of rotatable bonds is 7. The van der Waals surface area contributed by atoms with Gasteiger partial charge in [0.15, 0.2) is 0 Å². The smallest absolute Gasteiger partial charge is 0.253 e. The summed E-state index contributed by atoms with van der Waals surface area (Å²) in [5.41, 5.74) is 3.44. The summed E-state index contributed by atoms with van der Waals surface area (Å²) < 4.78 is 12.2. The van der Waals surface area contributed by atoms with Crippen molar-refractivity contribution < 1.29 is 14.3 Å². The number of amides is 1. The topological polar surface area (TPSA) is 90.6 Å². The van der Waals surface area contributed by atoms with E-state index in [4.69, 9.17) is 9.47 Å². The first-order valence-corrected chi connectivity index (χ1v) is 9.97. The number of hydrogen-bond donors (Lipinski definition) is 1. The Hall–Kier alpha value is -2.81. The van der Waals surface area contributed by atoms with Crippen LogP contribution in [-0.2, 0) is 11.2 Å². The van der Waals surface area contributed by atoms with Crippen LogP contribution < -0.4 is 14.8 Å². The Balaban J connectivity index is 1.74. The maximum atomic E-state index is 12.5. The van der Waals surface area contributed by atoms with Crippen molar-refractivity contribution in [2.45, 2.75) is 31.8 Å². The number of benzene rings is 1. The van der Waals surface area contributed by atoms with Gasteiger partial charge in [0.2, 0.25) is 11.1 Å². The summed E-state index contributed by atoms with van der Waals surface area (Å²) in [7, 11) is 3.14. The van der Waals surface area contributed by atoms with Crippen LogP contribution in [0.25, 0.3) is 5.78 Å². The van der Waals surface area contributed by atoms with Crippen molar-refractivity contribution in [3.63, 3.8) is 0 Å². The van der Waals surface area contributed by atoms with Crippen molar-refractivity contribution in [2.24, 2.45) is 0 Å². The predicted octanol–water partition coefficient (Wildman–Crippen LogP) is 3.05. The Bertz CT molecular complexity index is 996. The lowest BCUT2D eigenvalue weighted by Gasteiger charge is -2.12. The normalized spacial score (nSPS) is 10.9. The summed E-state index contributed by atoms with van der Waals surface area (Å²) in [6.07, 6.45) is 2.80. The molecule has 0 spiro atoms. The molecule has 2 aromatic heterocycles. The highest BCUT2D eigenvalue weighted by molar-refractivity contribution is 7.98. The summed E-state index contributed by atoms with van der Waals surface area (Å²) in [4.78, 5) is 21.4. The van der Waals surface area contributed by atoms with Gasteiger partial charge in [-0.3, -0.25) is 4.79 Å². The molecular weight excluding hydrogens is 378 g/mol. The third-order valence-corrected chi connectivity index (χ3v) is 4.99. The second-order valence-corrected chi connectivity index (χ2v) is 6.99. The maximum Gasteiger partial charge on any atom is 0.253 e. The average molecular weight is 401 g/mol. The van der Waals surface area contributed by atoms with Gasteiger partial charge in [-0.1, -0.05) is 11.8 Å². The van der Waals surface area contributed by atoms with E-state index in [-0.39, 0.29) is 5.91 Å². The molecule has 1 aromatic carbocycles. The van der Waals surface area contributed by atoms with Gasteiger partial charge in [-0.25, -0.2) is 9.50 Å². The van der Waals surface area contributed by atoms with Crippen molar-refractivity contribution >= 4 is 29.1 Å². The minimum absolute atomic E-state index is 0.0994. The lowest BCUT2D eigenvalue weighted by Crippen LogP contribution is -2.14. The molecule has 9 heteroatoms. The number of nitrogens with zero attached hydrogens (tertiary/aromatic N) is 4. The Labute approximate surface area is 167 Å². The van der Waals surface area contributed by atoms with Crippen molar-refractivity contribution in [1.82, 2.24) is 19.6 Å². The van der Waals surface area contributed by atoms with Crippen LogP contribution in [0.5, 0.6) is 11.5 Å². The Morgan fingerprint density at radius 1 is 1.14 bits per heavy atom. The van der Waals surface area contributed by atoms with Gasteiger partial charge in [-0.2, -0.15) is 4.98 Å². The summed E-state index contributed by atoms with van der Waals surface area (Å²) in [6, 6.07) is 5.26. The van der Waals surface area contributed by atoms with Gasteiger partial charge in [0.05, 0.1) is 14.2 Å². The largest absolute Gasteiger partial charge is 0.497 e. The van der Waals surface area contributed by atoms with Crippen LogP contribution in [0.3, 0.4) is 0 Å². The van der Waals surface area contributed by atoms with Crippen molar-refractivity contribution in [2.75, 3.05) is 25.8 Å². The molecule has 28 heavy (non-hydrogen) atoms. The number of aromatic nitrogens is 4. The molecular formula is C19H23N5O3S. The molecule has 148 valence electrons. The number of thioether (sulfide) groups is 1. The maximum absolute atomic E-state index is 12.5. The highest BCUT2D eigenvalue weighted by Crippen LogP contribution is 2.26. The summed E-state index contributed by atoms with van der Waals surface area (Å²) >= 11 is 1.47. The molecule has 0 unspecified atom stereocenters. The molecule has 0 radical (unpaired) electrons. The number of fused-ring (bicyclic) bond motifs is 1. The van der Waals surface area contributed by atoms with Crippen LogP contribution in [0.1, 0.15) is 23.4 Å². The average Bonchev–Trinajstić information content (AvgIpc) is 3.10. The monoisotopic (exact) mass is 401 g/mol. The van der Waals surface area contributed by atoms with Crippen LogP contribution in [0.2, 0.25) is 0 Å². The number of aryl methyl sites for hydroxylation is 2. The molecule has 0 saturated carbocycles. The second kappa shape index (κ2) is 8.47. The number of carbonyl (C=O) groups excluding carboxylic acids is 1. The van der Waals surface area contributed by atoms with Crippen molar-refractivity contribution in [1.29, 1.82) is 0 Å². The summed E-state index contributed by atoms with van der Waals surface area (Å²) in [5, 5.41) is 8.01. The molecule has 0 aliphatic heterocycles. The van der Waals surface area contributed by atoms with Gasteiger partial charge in [-0.05, 0) is 32.1 Å². The number of anilines is 1. The minimum Gasteiger partial charge on any atom is -0.497 e. The fraction of sp³-hybridized carbons (Fsp3) is 0.368. The van der Waals surface area contributed by atoms with Gasteiger partial charge < -0.3 is 14.8 Å². The van der Waals surface area contributed by atoms with Crippen LogP contribution >= 0.6 is 11.8 Å². The number of ether oxygens (including phenoxy) is 2. The molecule has 1 N–H and O–H groups in total. The molecule has 8 nitrogen and oxygen atoms in total. The fourth-order valence-corrected chi connectivity index (χ4v) is 3.32. The van der Waals surface area contributed by atoms with Crippen molar-refractivity contribution in [3.05, 3.63) is 35.2 Å². The lowest BCUT2D eigenvalue weighted by atomic mass is 10.1. The van der Waals surface area contributed by atoms with Crippen molar-refractivity contribution in [3.8, 4) is 11.5 Å². The SMILES string of the molecule is COc1cc(NC(=O)CCc2c(C)nc3nc(SC)nn3c2C)cc(OC)c1. The van der Waals surface area contributed by atoms with Gasteiger partial charge in [-0.15, -0.1) is 5.10 Å². The van der Waals surface area contributed by atoms with E-state index in [1.807, 2.05) is 20.1 Å². The van der Waals surface area contributed by atoms with Gasteiger partial charge >= 0.3 is 0 Å². The van der Waals surface area contributed by atoms with Crippen LogP contribution in [0, 0.1) is 13.8 Å². The molecule has 0 bridgehead atoms. The zero-order chi connectivity index (χ0) is 20.3. The lowest BCUT2D eigenvalue weighted by molar-refractivity contribution is -0.116. The molecule has 0 aliphatic carbocycles. The van der Waals surface area contributed by atoms with E-state index in [0.717, 1.165) is 17.0 Å². The second-order valence-electron chi connectivity index (χ2n) is 6.22. The van der Waals surface area contributed by atoms with Crippen LogP contribution in [0.15, 0.2) is 23.4 Å². The van der Waals surface area contributed by atoms with E-state index >= 15 is 0 Å². The van der Waals surface area contributed by atoms with E-state index in [0.29, 0.717) is 41.0 Å². The Morgan fingerprint density at radius 2 is 1.82 bits per heavy atom. The van der Waals surface area contributed by atoms with E-state index in [1.54, 1.807) is 36.9 Å². The van der Waals surface area contributed by atoms with Crippen LogP contribution in [0.4, 0.5) is 5.69 Å². The molecule has 2 heterocycles. The Morgan fingerprint density at radius 3 is 2.43 bits per heavy atom. The highest BCUT2D eigenvalue weighted by atomic mass is 32.2. The summed E-state index contributed by atoms with van der Waals surface area (Å²) in [6.45, 7) is 3.90. The quantitative estimate of drug-likeness (QED) is 0.609. The third-order valence-electron chi connectivity index (χ3n) is 4.45. The van der Waals surface area contributed by atoms with E-state index in [1.165, 1.54) is 11.8 Å². The minimum atomic E-state index is -0.0994. The first-order valence-electron chi connectivity index (χ1n) is 8.75. The van der Waals surface area contributed by atoms with Crippen LogP contribution in [-0.4, -0.2) is 46.0 Å².